The van der Waals surface area contributed by atoms with Gasteiger partial charge in [0.05, 0.1) is 5.69 Å². The molecule has 0 aromatic carbocycles. The number of aromatic nitrogens is 2. The summed E-state index contributed by atoms with van der Waals surface area (Å²) in [4.78, 5) is 17.6. The number of pyridine rings is 1. The van der Waals surface area contributed by atoms with Crippen LogP contribution >= 0.6 is 0 Å². The van der Waals surface area contributed by atoms with Crippen molar-refractivity contribution in [3.8, 4) is 0 Å². The molecule has 2 aromatic rings. The molecule has 2 aliphatic rings. The average molecular weight is 285 g/mol. The van der Waals surface area contributed by atoms with Gasteiger partial charge >= 0.3 is 5.97 Å². The molecule has 0 radical (unpaired) electrons. The quantitative estimate of drug-likeness (QED) is 0.923. The van der Waals surface area contributed by atoms with Gasteiger partial charge < -0.3 is 14.5 Å². The van der Waals surface area contributed by atoms with Crippen LogP contribution in [0, 0.1) is 11.8 Å². The molecule has 6 heteroatoms. The molecule has 1 aliphatic heterocycles. The number of carboxylic acid groups (broad SMARTS) is 1. The summed E-state index contributed by atoms with van der Waals surface area (Å²) in [7, 11) is 0. The molecule has 4 rings (SSSR count). The van der Waals surface area contributed by atoms with Crippen molar-refractivity contribution in [1.82, 2.24) is 10.1 Å². The van der Waals surface area contributed by atoms with E-state index >= 15 is 0 Å². The van der Waals surface area contributed by atoms with Gasteiger partial charge in [0.25, 0.3) is 0 Å². The van der Waals surface area contributed by atoms with Gasteiger partial charge in [0.15, 0.2) is 0 Å². The molecule has 108 valence electrons. The zero-order valence-corrected chi connectivity index (χ0v) is 11.4. The fourth-order valence-corrected chi connectivity index (χ4v) is 3.00. The number of carboxylic acids is 1. The Hall–Kier alpha value is -2.37. The van der Waals surface area contributed by atoms with Gasteiger partial charge in [-0.15, -0.1) is 0 Å². The molecule has 2 aromatic heterocycles. The van der Waals surface area contributed by atoms with E-state index in [1.165, 1.54) is 12.5 Å². The zero-order chi connectivity index (χ0) is 14.4. The van der Waals surface area contributed by atoms with E-state index < -0.39 is 5.97 Å². The Morgan fingerprint density at radius 2 is 2.19 bits per heavy atom. The van der Waals surface area contributed by atoms with Crippen LogP contribution in [0.4, 0.5) is 5.82 Å². The molecular weight excluding hydrogens is 270 g/mol. The third-order valence-corrected chi connectivity index (χ3v) is 4.27. The Labute approximate surface area is 121 Å². The molecule has 3 heterocycles. The summed E-state index contributed by atoms with van der Waals surface area (Å²) >= 11 is 0. The van der Waals surface area contributed by atoms with Crippen molar-refractivity contribution in [2.24, 2.45) is 11.8 Å². The SMILES string of the molecule is O=C(O)c1cc(Cc2ccc(N3CC4CC4C3)nc2)no1. The zero-order valence-electron chi connectivity index (χ0n) is 11.4. The van der Waals surface area contributed by atoms with Crippen LogP contribution in [0.1, 0.15) is 28.2 Å². The van der Waals surface area contributed by atoms with E-state index in [1.807, 2.05) is 18.3 Å². The second-order valence-electron chi connectivity index (χ2n) is 5.85. The summed E-state index contributed by atoms with van der Waals surface area (Å²) in [6.07, 6.45) is 3.73. The molecule has 2 atom stereocenters. The number of hydrogen-bond donors (Lipinski definition) is 1. The van der Waals surface area contributed by atoms with Crippen molar-refractivity contribution in [3.05, 3.63) is 41.4 Å². The molecular formula is C15H15N3O3. The Kier molecular flexibility index (Phi) is 2.70. The number of carbonyl (C=O) groups is 1. The third kappa shape index (κ3) is 2.37. The first-order valence-corrected chi connectivity index (χ1v) is 7.08. The molecule has 1 saturated carbocycles. The Balaban J connectivity index is 1.44. The second-order valence-corrected chi connectivity index (χ2v) is 5.85. The van der Waals surface area contributed by atoms with Crippen molar-refractivity contribution in [2.75, 3.05) is 18.0 Å². The van der Waals surface area contributed by atoms with Gasteiger partial charge in [0.2, 0.25) is 5.76 Å². The van der Waals surface area contributed by atoms with Crippen LogP contribution in [0.2, 0.25) is 0 Å². The van der Waals surface area contributed by atoms with Crippen LogP contribution in [-0.4, -0.2) is 34.3 Å². The largest absolute Gasteiger partial charge is 0.475 e. The van der Waals surface area contributed by atoms with E-state index in [4.69, 9.17) is 9.63 Å². The molecule has 1 N–H and O–H groups in total. The van der Waals surface area contributed by atoms with Crippen LogP contribution in [0.3, 0.4) is 0 Å². The maximum Gasteiger partial charge on any atom is 0.374 e. The lowest BCUT2D eigenvalue weighted by atomic mass is 10.1. The molecule has 2 unspecified atom stereocenters. The lowest BCUT2D eigenvalue weighted by Crippen LogP contribution is -2.22. The first-order chi connectivity index (χ1) is 10.2. The number of hydrogen-bond acceptors (Lipinski definition) is 5. The van der Waals surface area contributed by atoms with Gasteiger partial charge in [-0.2, -0.15) is 0 Å². The summed E-state index contributed by atoms with van der Waals surface area (Å²) in [5.74, 6) is 1.56. The fraction of sp³-hybridized carbons (Fsp3) is 0.400. The number of piperidine rings is 1. The van der Waals surface area contributed by atoms with E-state index in [0.29, 0.717) is 12.1 Å². The molecule has 0 spiro atoms. The standard InChI is InChI=1S/C15H15N3O3/c19-15(20)13-5-12(17-21-13)3-9-1-2-14(16-6-9)18-7-10-4-11(10)8-18/h1-2,5-6,10-11H,3-4,7-8H2,(H,19,20). The highest BCUT2D eigenvalue weighted by molar-refractivity contribution is 5.84. The Bertz CT molecular complexity index is 670. The summed E-state index contributed by atoms with van der Waals surface area (Å²) in [6.45, 7) is 2.25. The maximum absolute atomic E-state index is 10.7. The van der Waals surface area contributed by atoms with Crippen LogP contribution < -0.4 is 4.90 Å². The first kappa shape index (κ1) is 12.4. The van der Waals surface area contributed by atoms with Gasteiger partial charge in [0, 0.05) is 31.8 Å². The molecule has 0 bridgehead atoms. The molecule has 2 fully saturated rings. The van der Waals surface area contributed by atoms with Crippen molar-refractivity contribution in [1.29, 1.82) is 0 Å². The minimum atomic E-state index is -1.10. The maximum atomic E-state index is 10.7. The Morgan fingerprint density at radius 1 is 1.38 bits per heavy atom. The van der Waals surface area contributed by atoms with E-state index in [0.717, 1.165) is 36.3 Å². The van der Waals surface area contributed by atoms with Crippen LogP contribution in [-0.2, 0) is 6.42 Å². The highest BCUT2D eigenvalue weighted by atomic mass is 16.5. The number of fused-ring (bicyclic) bond motifs is 1. The number of nitrogens with zero attached hydrogens (tertiary/aromatic N) is 3. The van der Waals surface area contributed by atoms with Gasteiger partial charge in [-0.05, 0) is 29.9 Å². The van der Waals surface area contributed by atoms with Crippen molar-refractivity contribution >= 4 is 11.8 Å². The molecule has 0 amide bonds. The minimum Gasteiger partial charge on any atom is -0.475 e. The monoisotopic (exact) mass is 285 g/mol. The van der Waals surface area contributed by atoms with Crippen molar-refractivity contribution in [2.45, 2.75) is 12.8 Å². The predicted octanol–water partition coefficient (Wildman–Crippen LogP) is 1.81. The normalized spacial score (nSPS) is 23.1. The van der Waals surface area contributed by atoms with E-state index in [9.17, 15) is 4.79 Å². The number of aromatic carboxylic acids is 1. The summed E-state index contributed by atoms with van der Waals surface area (Å²) in [5, 5.41) is 12.5. The summed E-state index contributed by atoms with van der Waals surface area (Å²) < 4.78 is 4.74. The topological polar surface area (TPSA) is 79.5 Å². The first-order valence-electron chi connectivity index (χ1n) is 7.08. The molecule has 6 nitrogen and oxygen atoms in total. The van der Waals surface area contributed by atoms with Gasteiger partial charge in [-0.3, -0.25) is 0 Å². The van der Waals surface area contributed by atoms with Crippen LogP contribution in [0.15, 0.2) is 28.9 Å². The molecule has 21 heavy (non-hydrogen) atoms. The highest BCUT2D eigenvalue weighted by Crippen LogP contribution is 2.45. The summed E-state index contributed by atoms with van der Waals surface area (Å²) in [6, 6.07) is 5.49. The van der Waals surface area contributed by atoms with Crippen molar-refractivity contribution in [3.63, 3.8) is 0 Å². The van der Waals surface area contributed by atoms with Crippen LogP contribution in [0.5, 0.6) is 0 Å². The van der Waals surface area contributed by atoms with E-state index in [-0.39, 0.29) is 5.76 Å². The van der Waals surface area contributed by atoms with Gasteiger partial charge in [0.1, 0.15) is 5.82 Å². The number of anilines is 1. The fourth-order valence-electron chi connectivity index (χ4n) is 3.00. The minimum absolute atomic E-state index is 0.133. The van der Waals surface area contributed by atoms with Crippen molar-refractivity contribution < 1.29 is 14.4 Å². The van der Waals surface area contributed by atoms with Gasteiger partial charge in [-0.1, -0.05) is 11.2 Å². The smallest absolute Gasteiger partial charge is 0.374 e. The highest BCUT2D eigenvalue weighted by Gasteiger charge is 2.45. The molecule has 1 saturated heterocycles. The van der Waals surface area contributed by atoms with Gasteiger partial charge in [-0.25, -0.2) is 9.78 Å². The average Bonchev–Trinajstić information content (AvgIpc) is 2.90. The van der Waals surface area contributed by atoms with E-state index in [2.05, 4.69) is 15.0 Å². The second kappa shape index (κ2) is 4.58. The molecule has 1 aliphatic carbocycles. The lowest BCUT2D eigenvalue weighted by molar-refractivity contribution is 0.0652. The van der Waals surface area contributed by atoms with E-state index in [1.54, 1.807) is 0 Å². The predicted molar refractivity (Wildman–Crippen MR) is 74.3 cm³/mol. The summed E-state index contributed by atoms with van der Waals surface area (Å²) in [5.41, 5.74) is 1.60. The van der Waals surface area contributed by atoms with Crippen LogP contribution in [0.25, 0.3) is 0 Å². The Morgan fingerprint density at radius 3 is 2.81 bits per heavy atom. The third-order valence-electron chi connectivity index (χ3n) is 4.27. The lowest BCUT2D eigenvalue weighted by Gasteiger charge is -2.18. The number of rotatable bonds is 4.